The normalized spacial score (nSPS) is 11.8. The summed E-state index contributed by atoms with van der Waals surface area (Å²) >= 11 is 3.44. The Labute approximate surface area is 133 Å². The maximum atomic E-state index is 12.3. The Bertz CT molecular complexity index is 628. The molecule has 3 nitrogen and oxygen atoms in total. The molecule has 1 N–H and O–H groups in total. The van der Waals surface area contributed by atoms with E-state index in [1.165, 1.54) is 0 Å². The van der Waals surface area contributed by atoms with Crippen molar-refractivity contribution in [1.82, 2.24) is 0 Å². The predicted octanol–water partition coefficient (Wildman–Crippen LogP) is 4.47. The topological polar surface area (TPSA) is 38.3 Å². The third kappa shape index (κ3) is 4.08. The van der Waals surface area contributed by atoms with Crippen LogP contribution in [0.4, 0.5) is 5.69 Å². The van der Waals surface area contributed by atoms with Gasteiger partial charge in [-0.2, -0.15) is 0 Å². The minimum atomic E-state index is -0.524. The second kappa shape index (κ2) is 7.27. The SMILES string of the molecule is CCOC(=O)C(Nc1ccccc1C)c1cccc(Br)c1. The highest BCUT2D eigenvalue weighted by Crippen LogP contribution is 2.25. The molecule has 0 aromatic heterocycles. The Kier molecular flexibility index (Phi) is 5.39. The summed E-state index contributed by atoms with van der Waals surface area (Å²) in [6.45, 7) is 4.17. The largest absolute Gasteiger partial charge is 0.464 e. The van der Waals surface area contributed by atoms with Crippen LogP contribution in [0.1, 0.15) is 24.1 Å². The maximum Gasteiger partial charge on any atom is 0.333 e. The Morgan fingerprint density at radius 3 is 2.67 bits per heavy atom. The van der Waals surface area contributed by atoms with Crippen LogP contribution in [0.25, 0.3) is 0 Å². The van der Waals surface area contributed by atoms with Crippen molar-refractivity contribution < 1.29 is 9.53 Å². The van der Waals surface area contributed by atoms with Gasteiger partial charge in [0.05, 0.1) is 6.61 Å². The van der Waals surface area contributed by atoms with Crippen LogP contribution in [0.15, 0.2) is 53.0 Å². The fraction of sp³-hybridized carbons (Fsp3) is 0.235. The lowest BCUT2D eigenvalue weighted by molar-refractivity contribution is -0.144. The number of benzene rings is 2. The van der Waals surface area contributed by atoms with Crippen LogP contribution in [0, 0.1) is 6.92 Å². The van der Waals surface area contributed by atoms with Crippen LogP contribution in [0.2, 0.25) is 0 Å². The van der Waals surface area contributed by atoms with Gasteiger partial charge in [0.15, 0.2) is 6.04 Å². The van der Waals surface area contributed by atoms with Crippen molar-refractivity contribution in [3.63, 3.8) is 0 Å². The number of nitrogens with one attached hydrogen (secondary N) is 1. The highest BCUT2D eigenvalue weighted by atomic mass is 79.9. The molecule has 2 rings (SSSR count). The molecule has 0 aliphatic rings. The molecule has 2 aromatic carbocycles. The van der Waals surface area contributed by atoms with Crippen LogP contribution in [-0.2, 0) is 9.53 Å². The van der Waals surface area contributed by atoms with E-state index < -0.39 is 6.04 Å². The second-order valence-electron chi connectivity index (χ2n) is 4.70. The molecule has 110 valence electrons. The summed E-state index contributed by atoms with van der Waals surface area (Å²) in [6.07, 6.45) is 0. The van der Waals surface area contributed by atoms with Gasteiger partial charge in [-0.15, -0.1) is 0 Å². The van der Waals surface area contributed by atoms with Crippen molar-refractivity contribution in [3.05, 3.63) is 64.1 Å². The van der Waals surface area contributed by atoms with E-state index in [-0.39, 0.29) is 5.97 Å². The van der Waals surface area contributed by atoms with Gasteiger partial charge in [-0.25, -0.2) is 4.79 Å². The lowest BCUT2D eigenvalue weighted by atomic mass is 10.1. The minimum Gasteiger partial charge on any atom is -0.464 e. The lowest BCUT2D eigenvalue weighted by Gasteiger charge is -2.20. The molecule has 0 heterocycles. The molecule has 0 aliphatic carbocycles. The number of halogens is 1. The van der Waals surface area contributed by atoms with Gasteiger partial charge >= 0.3 is 5.97 Å². The van der Waals surface area contributed by atoms with Crippen LogP contribution in [-0.4, -0.2) is 12.6 Å². The zero-order chi connectivity index (χ0) is 15.2. The Hall–Kier alpha value is -1.81. The number of ether oxygens (including phenoxy) is 1. The number of carbonyl (C=O) groups excluding carboxylic acids is 1. The van der Waals surface area contributed by atoms with E-state index >= 15 is 0 Å². The Morgan fingerprint density at radius 2 is 2.00 bits per heavy atom. The third-order valence-corrected chi connectivity index (χ3v) is 3.64. The number of aryl methyl sites for hydroxylation is 1. The van der Waals surface area contributed by atoms with E-state index in [0.717, 1.165) is 21.3 Å². The Balaban J connectivity index is 2.33. The van der Waals surface area contributed by atoms with Crippen molar-refractivity contribution in [1.29, 1.82) is 0 Å². The summed E-state index contributed by atoms with van der Waals surface area (Å²) in [5, 5.41) is 3.28. The summed E-state index contributed by atoms with van der Waals surface area (Å²) in [4.78, 5) is 12.3. The van der Waals surface area contributed by atoms with Gasteiger partial charge in [-0.05, 0) is 43.2 Å². The summed E-state index contributed by atoms with van der Waals surface area (Å²) in [5.41, 5.74) is 2.88. The van der Waals surface area contributed by atoms with E-state index in [4.69, 9.17) is 4.74 Å². The van der Waals surface area contributed by atoms with Crippen molar-refractivity contribution in [3.8, 4) is 0 Å². The van der Waals surface area contributed by atoms with E-state index in [9.17, 15) is 4.79 Å². The molecule has 0 fully saturated rings. The lowest BCUT2D eigenvalue weighted by Crippen LogP contribution is -2.23. The maximum absolute atomic E-state index is 12.3. The number of para-hydroxylation sites is 1. The molecule has 1 unspecified atom stereocenters. The fourth-order valence-corrected chi connectivity index (χ4v) is 2.50. The molecular formula is C17H18BrNO2. The van der Waals surface area contributed by atoms with Crippen molar-refractivity contribution >= 4 is 27.6 Å². The van der Waals surface area contributed by atoms with E-state index in [1.807, 2.05) is 62.4 Å². The molecule has 1 atom stereocenters. The van der Waals surface area contributed by atoms with Crippen LogP contribution in [0.3, 0.4) is 0 Å². The summed E-state index contributed by atoms with van der Waals surface area (Å²) in [5.74, 6) is -0.279. The van der Waals surface area contributed by atoms with Gasteiger partial charge < -0.3 is 10.1 Å². The predicted molar refractivity (Wildman–Crippen MR) is 88.3 cm³/mol. The number of anilines is 1. The number of hydrogen-bond donors (Lipinski definition) is 1. The molecule has 0 spiro atoms. The van der Waals surface area contributed by atoms with Crippen LogP contribution < -0.4 is 5.32 Å². The van der Waals surface area contributed by atoms with Gasteiger partial charge in [-0.3, -0.25) is 0 Å². The van der Waals surface area contributed by atoms with Gasteiger partial charge in [0.25, 0.3) is 0 Å². The fourth-order valence-electron chi connectivity index (χ4n) is 2.08. The average molecular weight is 348 g/mol. The molecule has 0 bridgehead atoms. The molecule has 4 heteroatoms. The van der Waals surface area contributed by atoms with Gasteiger partial charge in [-0.1, -0.05) is 46.3 Å². The third-order valence-electron chi connectivity index (χ3n) is 3.15. The highest BCUT2D eigenvalue weighted by Gasteiger charge is 2.22. The first-order valence-corrected chi connectivity index (χ1v) is 7.65. The average Bonchev–Trinajstić information content (AvgIpc) is 2.46. The first-order chi connectivity index (χ1) is 10.1. The van der Waals surface area contributed by atoms with E-state index in [2.05, 4.69) is 21.2 Å². The quantitative estimate of drug-likeness (QED) is 0.810. The van der Waals surface area contributed by atoms with E-state index in [1.54, 1.807) is 0 Å². The molecule has 0 saturated heterocycles. The van der Waals surface area contributed by atoms with Gasteiger partial charge in [0.1, 0.15) is 0 Å². The molecule has 2 aromatic rings. The van der Waals surface area contributed by atoms with Crippen LogP contribution >= 0.6 is 15.9 Å². The number of carbonyl (C=O) groups is 1. The monoisotopic (exact) mass is 347 g/mol. The minimum absolute atomic E-state index is 0.279. The molecular weight excluding hydrogens is 330 g/mol. The first-order valence-electron chi connectivity index (χ1n) is 6.86. The van der Waals surface area contributed by atoms with Crippen molar-refractivity contribution in [2.45, 2.75) is 19.9 Å². The molecule has 0 saturated carbocycles. The number of hydrogen-bond acceptors (Lipinski definition) is 3. The molecule has 0 amide bonds. The van der Waals surface area contributed by atoms with Crippen molar-refractivity contribution in [2.24, 2.45) is 0 Å². The first kappa shape index (κ1) is 15.6. The zero-order valence-electron chi connectivity index (χ0n) is 12.1. The Morgan fingerprint density at radius 1 is 1.24 bits per heavy atom. The summed E-state index contributed by atoms with van der Waals surface area (Å²) in [6, 6.07) is 15.0. The van der Waals surface area contributed by atoms with E-state index in [0.29, 0.717) is 6.61 Å². The van der Waals surface area contributed by atoms with Gasteiger partial charge in [0.2, 0.25) is 0 Å². The zero-order valence-corrected chi connectivity index (χ0v) is 13.7. The highest BCUT2D eigenvalue weighted by molar-refractivity contribution is 9.10. The summed E-state index contributed by atoms with van der Waals surface area (Å²) < 4.78 is 6.13. The number of rotatable bonds is 5. The molecule has 0 radical (unpaired) electrons. The summed E-state index contributed by atoms with van der Waals surface area (Å²) in [7, 11) is 0. The molecule has 21 heavy (non-hydrogen) atoms. The second-order valence-corrected chi connectivity index (χ2v) is 5.62. The smallest absolute Gasteiger partial charge is 0.333 e. The number of esters is 1. The van der Waals surface area contributed by atoms with Crippen LogP contribution in [0.5, 0.6) is 0 Å². The van der Waals surface area contributed by atoms with Crippen molar-refractivity contribution in [2.75, 3.05) is 11.9 Å². The molecule has 0 aliphatic heterocycles. The standard InChI is InChI=1S/C17H18BrNO2/c1-3-21-17(20)16(13-8-6-9-14(18)11-13)19-15-10-5-4-7-12(15)2/h4-11,16,19H,3H2,1-2H3. The van der Waals surface area contributed by atoms with Gasteiger partial charge in [0, 0.05) is 10.2 Å².